The fourth-order valence-electron chi connectivity index (χ4n) is 0.354. The Bertz CT molecular complexity index is 142. The number of rotatable bonds is 0. The molecule has 0 aromatic carbocycles. The Labute approximate surface area is 69.4 Å². The van der Waals surface area contributed by atoms with Crippen LogP contribution in [-0.4, -0.2) is 4.98 Å². The molecule has 0 spiro atoms. The number of hydrogen-bond donors (Lipinski definition) is 1. The summed E-state index contributed by atoms with van der Waals surface area (Å²) in [6.07, 6.45) is 1.71. The Morgan fingerprint density at radius 2 is 2.12 bits per heavy atom. The van der Waals surface area contributed by atoms with Crippen molar-refractivity contribution in [1.82, 2.24) is 4.98 Å². The van der Waals surface area contributed by atoms with E-state index in [-0.39, 0.29) is 22.4 Å². The largest absolute Gasteiger partial charge is 0.250 e. The van der Waals surface area contributed by atoms with Crippen LogP contribution in [-0.2, 0) is 22.4 Å². The Morgan fingerprint density at radius 1 is 1.38 bits per heavy atom. The predicted molar refractivity (Wildman–Crippen MR) is 31.5 cm³/mol. The van der Waals surface area contributed by atoms with E-state index in [2.05, 4.69) is 17.6 Å². The summed E-state index contributed by atoms with van der Waals surface area (Å²) in [6, 6.07) is 5.60. The number of pyridine rings is 1. The SMILES string of the molecule is Sc1ccccn1.[Au]. The molecule has 0 atom stereocenters. The van der Waals surface area contributed by atoms with Gasteiger partial charge in [0, 0.05) is 28.6 Å². The predicted octanol–water partition coefficient (Wildman–Crippen LogP) is 1.37. The van der Waals surface area contributed by atoms with Gasteiger partial charge in [0.15, 0.2) is 0 Å². The van der Waals surface area contributed by atoms with Crippen molar-refractivity contribution in [3.8, 4) is 0 Å². The van der Waals surface area contributed by atoms with Crippen LogP contribution in [0.5, 0.6) is 0 Å². The molecule has 0 bridgehead atoms. The second-order valence-corrected chi connectivity index (χ2v) is 1.65. The molecule has 0 fully saturated rings. The normalized spacial score (nSPS) is 7.62. The maximum absolute atomic E-state index is 3.97. The Hall–Kier alpha value is 0.240. The third kappa shape index (κ3) is 2.52. The van der Waals surface area contributed by atoms with E-state index >= 15 is 0 Å². The summed E-state index contributed by atoms with van der Waals surface area (Å²) in [4.78, 5) is 3.84. The van der Waals surface area contributed by atoms with E-state index < -0.39 is 0 Å². The van der Waals surface area contributed by atoms with E-state index in [1.54, 1.807) is 6.20 Å². The van der Waals surface area contributed by atoms with Gasteiger partial charge in [-0.15, -0.1) is 12.6 Å². The molecule has 3 heteroatoms. The summed E-state index contributed by atoms with van der Waals surface area (Å²) < 4.78 is 0. The van der Waals surface area contributed by atoms with Gasteiger partial charge in [0.1, 0.15) is 0 Å². The molecule has 0 saturated carbocycles. The van der Waals surface area contributed by atoms with Crippen LogP contribution < -0.4 is 0 Å². The molecule has 8 heavy (non-hydrogen) atoms. The third-order valence-corrected chi connectivity index (χ3v) is 0.914. The quantitative estimate of drug-likeness (QED) is 0.564. The molecule has 1 aromatic heterocycles. The minimum absolute atomic E-state index is 0. The second-order valence-electron chi connectivity index (χ2n) is 1.19. The molecule has 1 radical (unpaired) electrons. The summed E-state index contributed by atoms with van der Waals surface area (Å²) in [5.41, 5.74) is 0. The fraction of sp³-hybridized carbons (Fsp3) is 0. The summed E-state index contributed by atoms with van der Waals surface area (Å²) in [5.74, 6) is 0. The molecule has 0 aliphatic carbocycles. The van der Waals surface area contributed by atoms with Gasteiger partial charge in [-0.3, -0.25) is 4.98 Å². The van der Waals surface area contributed by atoms with Crippen LogP contribution in [0.2, 0.25) is 0 Å². The average Bonchev–Trinajstić information content (AvgIpc) is 1.69. The molecule has 0 aliphatic heterocycles. The van der Waals surface area contributed by atoms with Crippen molar-refractivity contribution in [2.24, 2.45) is 0 Å². The molecule has 0 saturated heterocycles. The van der Waals surface area contributed by atoms with Crippen molar-refractivity contribution >= 4 is 12.6 Å². The Morgan fingerprint density at radius 3 is 2.38 bits per heavy atom. The summed E-state index contributed by atoms with van der Waals surface area (Å²) in [5, 5.41) is 0.766. The van der Waals surface area contributed by atoms with Gasteiger partial charge in [-0.1, -0.05) is 6.07 Å². The van der Waals surface area contributed by atoms with E-state index in [0.29, 0.717) is 0 Å². The van der Waals surface area contributed by atoms with Crippen molar-refractivity contribution in [3.63, 3.8) is 0 Å². The van der Waals surface area contributed by atoms with Crippen LogP contribution in [0.15, 0.2) is 29.4 Å². The van der Waals surface area contributed by atoms with Gasteiger partial charge in [-0.05, 0) is 12.1 Å². The van der Waals surface area contributed by atoms with Gasteiger partial charge in [-0.2, -0.15) is 0 Å². The molecular weight excluding hydrogens is 303 g/mol. The summed E-state index contributed by atoms with van der Waals surface area (Å²) in [7, 11) is 0. The molecule has 0 aliphatic rings. The first kappa shape index (κ1) is 8.24. The minimum Gasteiger partial charge on any atom is -0.250 e. The first-order chi connectivity index (χ1) is 3.39. The standard InChI is InChI=1S/C5H5NS.Au/c7-5-3-1-2-4-6-5;/h1-4H,(H,6,7);. The fourth-order valence-corrected chi connectivity index (χ4v) is 0.506. The molecule has 1 aromatic rings. The molecule has 1 nitrogen and oxygen atoms in total. The van der Waals surface area contributed by atoms with E-state index in [9.17, 15) is 0 Å². The minimum atomic E-state index is 0. The zero-order valence-electron chi connectivity index (χ0n) is 4.01. The van der Waals surface area contributed by atoms with Crippen LogP contribution >= 0.6 is 12.6 Å². The number of thiol groups is 1. The first-order valence-electron chi connectivity index (χ1n) is 1.99. The molecule has 0 N–H and O–H groups in total. The van der Waals surface area contributed by atoms with Crippen molar-refractivity contribution in [1.29, 1.82) is 0 Å². The molecular formula is C5H5AuNS. The smallest absolute Gasteiger partial charge is 0.0929 e. The van der Waals surface area contributed by atoms with Crippen LogP contribution in [0.4, 0.5) is 0 Å². The van der Waals surface area contributed by atoms with Gasteiger partial charge >= 0.3 is 0 Å². The molecule has 1 rings (SSSR count). The van der Waals surface area contributed by atoms with Crippen molar-refractivity contribution in [3.05, 3.63) is 24.4 Å². The molecule has 0 unspecified atom stereocenters. The summed E-state index contributed by atoms with van der Waals surface area (Å²) in [6.45, 7) is 0. The number of aromatic nitrogens is 1. The zero-order valence-corrected chi connectivity index (χ0v) is 7.07. The van der Waals surface area contributed by atoms with E-state index in [1.807, 2.05) is 18.2 Å². The van der Waals surface area contributed by atoms with Crippen LogP contribution in [0.25, 0.3) is 0 Å². The van der Waals surface area contributed by atoms with Gasteiger partial charge in [-0.25, -0.2) is 0 Å². The Balaban J connectivity index is 0.000000490. The van der Waals surface area contributed by atoms with E-state index in [4.69, 9.17) is 0 Å². The number of nitrogens with zero attached hydrogens (tertiary/aromatic N) is 1. The van der Waals surface area contributed by atoms with Crippen molar-refractivity contribution in [2.45, 2.75) is 5.03 Å². The van der Waals surface area contributed by atoms with E-state index in [1.165, 1.54) is 0 Å². The van der Waals surface area contributed by atoms with Crippen LogP contribution in [0.1, 0.15) is 0 Å². The molecule has 1 heterocycles. The zero-order chi connectivity index (χ0) is 5.11. The first-order valence-corrected chi connectivity index (χ1v) is 2.44. The van der Waals surface area contributed by atoms with Crippen LogP contribution in [0.3, 0.4) is 0 Å². The van der Waals surface area contributed by atoms with Gasteiger partial charge in [0.05, 0.1) is 5.03 Å². The van der Waals surface area contributed by atoms with Crippen LogP contribution in [0, 0.1) is 0 Å². The number of hydrogen-bond acceptors (Lipinski definition) is 2. The van der Waals surface area contributed by atoms with Gasteiger partial charge < -0.3 is 0 Å². The van der Waals surface area contributed by atoms with Gasteiger partial charge in [0.25, 0.3) is 0 Å². The maximum atomic E-state index is 3.97. The van der Waals surface area contributed by atoms with E-state index in [0.717, 1.165) is 5.03 Å². The summed E-state index contributed by atoms with van der Waals surface area (Å²) >= 11 is 3.97. The van der Waals surface area contributed by atoms with Gasteiger partial charge in [0.2, 0.25) is 0 Å². The average molecular weight is 308 g/mol. The molecule has 0 amide bonds. The monoisotopic (exact) mass is 308 g/mol. The molecule has 47 valence electrons. The van der Waals surface area contributed by atoms with Crippen molar-refractivity contribution < 1.29 is 22.4 Å². The van der Waals surface area contributed by atoms with Crippen molar-refractivity contribution in [2.75, 3.05) is 0 Å². The maximum Gasteiger partial charge on any atom is 0.0929 e. The topological polar surface area (TPSA) is 12.9 Å². The second kappa shape index (κ2) is 4.15. The third-order valence-electron chi connectivity index (χ3n) is 0.649. The Kier molecular flexibility index (Phi) is 4.28.